The van der Waals surface area contributed by atoms with Crippen molar-refractivity contribution in [2.24, 2.45) is 17.6 Å². The third kappa shape index (κ3) is 3.70. The first kappa shape index (κ1) is 15.0. The topological polar surface area (TPSA) is 75.4 Å². The van der Waals surface area contributed by atoms with Gasteiger partial charge >= 0.3 is 0 Å². The summed E-state index contributed by atoms with van der Waals surface area (Å²) in [5.41, 5.74) is 6.03. The maximum Gasteiger partial charge on any atom is 0.239 e. The Hall–Kier alpha value is -1.10. The van der Waals surface area contributed by atoms with Crippen LogP contribution < -0.4 is 11.1 Å². The Bertz CT molecular complexity index is 307. The van der Waals surface area contributed by atoms with Gasteiger partial charge in [0, 0.05) is 25.6 Å². The standard InChI is InChI=1S/C13H25N3O2/c1-4-16(8-12(17)15-3)13(18)10-6-5-9(2)11(14)7-10/h9-11H,4-8,14H2,1-3H3,(H,15,17). The Morgan fingerprint density at radius 2 is 2.06 bits per heavy atom. The molecule has 5 nitrogen and oxygen atoms in total. The number of hydrogen-bond donors (Lipinski definition) is 2. The van der Waals surface area contributed by atoms with Crippen molar-refractivity contribution < 1.29 is 9.59 Å². The van der Waals surface area contributed by atoms with Gasteiger partial charge in [-0.15, -0.1) is 0 Å². The van der Waals surface area contributed by atoms with E-state index in [2.05, 4.69) is 12.2 Å². The van der Waals surface area contributed by atoms with E-state index in [9.17, 15) is 9.59 Å². The highest BCUT2D eigenvalue weighted by molar-refractivity contribution is 5.85. The second-order valence-electron chi connectivity index (χ2n) is 5.18. The molecular weight excluding hydrogens is 230 g/mol. The first-order chi connectivity index (χ1) is 8.49. The molecule has 0 spiro atoms. The molecule has 0 aliphatic heterocycles. The number of hydrogen-bond acceptors (Lipinski definition) is 3. The largest absolute Gasteiger partial charge is 0.358 e. The average Bonchev–Trinajstić information content (AvgIpc) is 2.38. The Balaban J connectivity index is 2.58. The minimum absolute atomic E-state index is 0.0131. The summed E-state index contributed by atoms with van der Waals surface area (Å²) in [6, 6.07) is 0.103. The second-order valence-corrected chi connectivity index (χ2v) is 5.18. The molecule has 18 heavy (non-hydrogen) atoms. The zero-order valence-corrected chi connectivity index (χ0v) is 11.6. The van der Waals surface area contributed by atoms with Gasteiger partial charge in [-0.3, -0.25) is 9.59 Å². The molecule has 0 radical (unpaired) electrons. The monoisotopic (exact) mass is 255 g/mol. The number of carbonyl (C=O) groups is 2. The van der Waals surface area contributed by atoms with Crippen LogP contribution in [0.2, 0.25) is 0 Å². The van der Waals surface area contributed by atoms with E-state index in [1.165, 1.54) is 0 Å². The van der Waals surface area contributed by atoms with Crippen molar-refractivity contribution in [1.29, 1.82) is 0 Å². The SMILES string of the molecule is CCN(CC(=O)NC)C(=O)C1CCC(C)C(N)C1. The van der Waals surface area contributed by atoms with Gasteiger partial charge < -0.3 is 16.0 Å². The van der Waals surface area contributed by atoms with Gasteiger partial charge in [0.05, 0.1) is 6.54 Å². The first-order valence-electron chi connectivity index (χ1n) is 6.74. The summed E-state index contributed by atoms with van der Waals surface area (Å²) in [6.45, 7) is 4.74. The molecular formula is C13H25N3O2. The summed E-state index contributed by atoms with van der Waals surface area (Å²) in [6.07, 6.45) is 2.62. The molecule has 1 fully saturated rings. The van der Waals surface area contributed by atoms with Gasteiger partial charge in [0.15, 0.2) is 0 Å². The van der Waals surface area contributed by atoms with Crippen LogP contribution >= 0.6 is 0 Å². The normalized spacial score (nSPS) is 27.7. The van der Waals surface area contributed by atoms with E-state index < -0.39 is 0 Å². The molecule has 1 rings (SSSR count). The van der Waals surface area contributed by atoms with Gasteiger partial charge in [-0.2, -0.15) is 0 Å². The summed E-state index contributed by atoms with van der Waals surface area (Å²) >= 11 is 0. The number of rotatable bonds is 4. The lowest BCUT2D eigenvalue weighted by Crippen LogP contribution is -2.46. The van der Waals surface area contributed by atoms with Crippen molar-refractivity contribution in [1.82, 2.24) is 10.2 Å². The predicted molar refractivity (Wildman–Crippen MR) is 70.8 cm³/mol. The minimum atomic E-state index is -0.126. The molecule has 0 heterocycles. The van der Waals surface area contributed by atoms with Gasteiger partial charge in [-0.25, -0.2) is 0 Å². The Morgan fingerprint density at radius 3 is 2.56 bits per heavy atom. The highest BCUT2D eigenvalue weighted by atomic mass is 16.2. The van der Waals surface area contributed by atoms with Gasteiger partial charge in [-0.05, 0) is 32.1 Å². The molecule has 0 bridgehead atoms. The Labute approximate surface area is 109 Å². The van der Waals surface area contributed by atoms with Crippen molar-refractivity contribution in [3.8, 4) is 0 Å². The number of amides is 2. The number of likely N-dealkylation sites (N-methyl/N-ethyl adjacent to an activating group) is 2. The lowest BCUT2D eigenvalue weighted by molar-refractivity contribution is -0.140. The highest BCUT2D eigenvalue weighted by Crippen LogP contribution is 2.28. The van der Waals surface area contributed by atoms with E-state index in [4.69, 9.17) is 5.73 Å². The number of nitrogens with one attached hydrogen (secondary N) is 1. The van der Waals surface area contributed by atoms with Crippen molar-refractivity contribution in [2.75, 3.05) is 20.1 Å². The second kappa shape index (κ2) is 6.73. The molecule has 5 heteroatoms. The van der Waals surface area contributed by atoms with Gasteiger partial charge in [-0.1, -0.05) is 6.92 Å². The van der Waals surface area contributed by atoms with E-state index in [-0.39, 0.29) is 30.3 Å². The summed E-state index contributed by atoms with van der Waals surface area (Å²) in [5.74, 6) is 0.422. The maximum atomic E-state index is 12.3. The Morgan fingerprint density at radius 1 is 1.39 bits per heavy atom. The zero-order valence-electron chi connectivity index (χ0n) is 11.6. The van der Waals surface area contributed by atoms with E-state index in [1.54, 1.807) is 11.9 Å². The van der Waals surface area contributed by atoms with E-state index in [0.29, 0.717) is 12.5 Å². The van der Waals surface area contributed by atoms with Gasteiger partial charge in [0.25, 0.3) is 0 Å². The minimum Gasteiger partial charge on any atom is -0.358 e. The van der Waals surface area contributed by atoms with Gasteiger partial charge in [0.2, 0.25) is 11.8 Å². The number of carbonyl (C=O) groups excluding carboxylic acids is 2. The van der Waals surface area contributed by atoms with Gasteiger partial charge in [0.1, 0.15) is 0 Å². The maximum absolute atomic E-state index is 12.3. The van der Waals surface area contributed by atoms with Crippen LogP contribution in [0, 0.1) is 11.8 Å². The van der Waals surface area contributed by atoms with E-state index in [0.717, 1.165) is 19.3 Å². The number of nitrogens with two attached hydrogens (primary N) is 1. The van der Waals surface area contributed by atoms with Crippen molar-refractivity contribution in [2.45, 2.75) is 39.2 Å². The quantitative estimate of drug-likeness (QED) is 0.761. The fourth-order valence-corrected chi connectivity index (χ4v) is 2.44. The molecule has 0 aromatic heterocycles. The fourth-order valence-electron chi connectivity index (χ4n) is 2.44. The molecule has 3 atom stereocenters. The molecule has 1 saturated carbocycles. The molecule has 0 aromatic rings. The van der Waals surface area contributed by atoms with Crippen LogP contribution in [0.15, 0.2) is 0 Å². The summed E-state index contributed by atoms with van der Waals surface area (Å²) in [7, 11) is 1.58. The van der Waals surface area contributed by atoms with Crippen LogP contribution in [-0.2, 0) is 9.59 Å². The molecule has 3 unspecified atom stereocenters. The average molecular weight is 255 g/mol. The van der Waals surface area contributed by atoms with E-state index in [1.807, 2.05) is 6.92 Å². The predicted octanol–water partition coefficient (Wildman–Crippen LogP) is 0.344. The van der Waals surface area contributed by atoms with E-state index >= 15 is 0 Å². The first-order valence-corrected chi connectivity index (χ1v) is 6.74. The molecule has 3 N–H and O–H groups in total. The van der Waals surface area contributed by atoms with Crippen molar-refractivity contribution in [3.05, 3.63) is 0 Å². The van der Waals surface area contributed by atoms with Crippen LogP contribution in [0.4, 0.5) is 0 Å². The molecule has 1 aliphatic rings. The van der Waals surface area contributed by atoms with Crippen LogP contribution in [0.3, 0.4) is 0 Å². The molecule has 2 amide bonds. The lowest BCUT2D eigenvalue weighted by atomic mass is 9.79. The summed E-state index contributed by atoms with van der Waals surface area (Å²) in [4.78, 5) is 25.3. The zero-order chi connectivity index (χ0) is 13.7. The molecule has 0 saturated heterocycles. The molecule has 0 aromatic carbocycles. The Kier molecular flexibility index (Phi) is 5.59. The smallest absolute Gasteiger partial charge is 0.239 e. The molecule has 104 valence electrons. The molecule has 1 aliphatic carbocycles. The van der Waals surface area contributed by atoms with Crippen LogP contribution in [-0.4, -0.2) is 42.9 Å². The third-order valence-corrected chi connectivity index (χ3v) is 3.91. The van der Waals surface area contributed by atoms with Crippen molar-refractivity contribution >= 4 is 11.8 Å². The van der Waals surface area contributed by atoms with Crippen LogP contribution in [0.1, 0.15) is 33.1 Å². The fraction of sp³-hybridized carbons (Fsp3) is 0.846. The van der Waals surface area contributed by atoms with Crippen LogP contribution in [0.5, 0.6) is 0 Å². The van der Waals surface area contributed by atoms with Crippen molar-refractivity contribution in [3.63, 3.8) is 0 Å². The van der Waals surface area contributed by atoms with Crippen LogP contribution in [0.25, 0.3) is 0 Å². The highest BCUT2D eigenvalue weighted by Gasteiger charge is 2.32. The summed E-state index contributed by atoms with van der Waals surface area (Å²) < 4.78 is 0. The third-order valence-electron chi connectivity index (χ3n) is 3.91. The number of nitrogens with zero attached hydrogens (tertiary/aromatic N) is 1. The lowest BCUT2D eigenvalue weighted by Gasteiger charge is -2.33. The summed E-state index contributed by atoms with van der Waals surface area (Å²) in [5, 5.41) is 2.55.